The second kappa shape index (κ2) is 8.43. The van der Waals surface area contributed by atoms with E-state index in [9.17, 15) is 0 Å². The largest absolute Gasteiger partial charge is 0.500 e. The molecule has 0 aliphatic rings. The third-order valence-electron chi connectivity index (χ3n) is 2.50. The smallest absolute Gasteiger partial charge is 0.377 e. The highest BCUT2D eigenvalue weighted by molar-refractivity contribution is 8.10. The lowest BCUT2D eigenvalue weighted by atomic mass is 10.4. The molecule has 0 unspecified atom stereocenters. The van der Waals surface area contributed by atoms with E-state index in [0.717, 1.165) is 25.6 Å². The van der Waals surface area contributed by atoms with Gasteiger partial charge in [-0.2, -0.15) is 0 Å². The van der Waals surface area contributed by atoms with Crippen LogP contribution in [-0.2, 0) is 13.3 Å². The van der Waals surface area contributed by atoms with E-state index in [-0.39, 0.29) is 0 Å². The quantitative estimate of drug-likeness (QED) is 0.417. The van der Waals surface area contributed by atoms with Gasteiger partial charge in [-0.3, -0.25) is 0 Å². The van der Waals surface area contributed by atoms with Crippen molar-refractivity contribution < 1.29 is 13.3 Å². The Bertz CT molecular complexity index is 207. The van der Waals surface area contributed by atoms with E-state index in [0.29, 0.717) is 4.32 Å². The van der Waals surface area contributed by atoms with Gasteiger partial charge < -0.3 is 18.2 Å². The third-order valence-corrected chi connectivity index (χ3v) is 5.87. The van der Waals surface area contributed by atoms with Gasteiger partial charge in [0.05, 0.1) is 0 Å². The number of nitrogens with zero attached hydrogens (tertiary/aromatic N) is 1. The molecule has 0 rings (SSSR count). The molecule has 0 radical (unpaired) electrons. The molecule has 0 N–H and O–H groups in total. The second-order valence-electron chi connectivity index (χ2n) is 3.26. The van der Waals surface area contributed by atoms with E-state index < -0.39 is 8.80 Å². The average molecular weight is 283 g/mol. The molecule has 96 valence electrons. The summed E-state index contributed by atoms with van der Waals surface area (Å²) >= 11 is 9.18. The summed E-state index contributed by atoms with van der Waals surface area (Å²) in [4.78, 5) is 2.03. The van der Waals surface area contributed by atoms with Gasteiger partial charge in [-0.05, 0) is 13.3 Å². The van der Waals surface area contributed by atoms with Crippen molar-refractivity contribution >= 4 is 38.0 Å². The molecule has 0 saturated heterocycles. The maximum atomic E-state index is 5.34. The Morgan fingerprint density at radius 2 is 1.75 bits per heavy atom. The minimum absolute atomic E-state index is 0.627. The standard InChI is InChI=1S/C9H21NO3S2Si/c1-5-10(9(14)15)7-6-8-16(11-2,12-3)13-4/h5-8H2,1-4H3,(H,14,15). The molecule has 0 bridgehead atoms. The van der Waals surface area contributed by atoms with Crippen molar-refractivity contribution in [2.24, 2.45) is 0 Å². The Balaban J connectivity index is 4.07. The van der Waals surface area contributed by atoms with E-state index in [1.54, 1.807) is 21.3 Å². The first-order valence-corrected chi connectivity index (χ1v) is 7.97. The molecular weight excluding hydrogens is 262 g/mol. The van der Waals surface area contributed by atoms with Crippen LogP contribution >= 0.6 is 24.8 Å². The summed E-state index contributed by atoms with van der Waals surface area (Å²) < 4.78 is 16.6. The van der Waals surface area contributed by atoms with Crippen LogP contribution in [0.1, 0.15) is 13.3 Å². The van der Waals surface area contributed by atoms with Crippen molar-refractivity contribution in [2.75, 3.05) is 34.4 Å². The number of thiocarbonyl (C=S) groups is 1. The monoisotopic (exact) mass is 283 g/mol. The highest BCUT2D eigenvalue weighted by Gasteiger charge is 2.36. The fourth-order valence-corrected chi connectivity index (χ4v) is 3.60. The van der Waals surface area contributed by atoms with Crippen LogP contribution in [0.3, 0.4) is 0 Å². The average Bonchev–Trinajstić information content (AvgIpc) is 2.30. The molecule has 0 aromatic carbocycles. The zero-order chi connectivity index (χ0) is 12.6. The van der Waals surface area contributed by atoms with Gasteiger partial charge in [-0.1, -0.05) is 12.2 Å². The highest BCUT2D eigenvalue weighted by atomic mass is 32.1. The van der Waals surface area contributed by atoms with Gasteiger partial charge in [0.2, 0.25) is 0 Å². The Morgan fingerprint density at radius 1 is 1.25 bits per heavy atom. The van der Waals surface area contributed by atoms with E-state index in [2.05, 4.69) is 19.6 Å². The fourth-order valence-electron chi connectivity index (χ4n) is 1.43. The number of hydrogen-bond donors (Lipinski definition) is 1. The minimum Gasteiger partial charge on any atom is -0.377 e. The van der Waals surface area contributed by atoms with Gasteiger partial charge in [-0.15, -0.1) is 12.6 Å². The second-order valence-corrected chi connectivity index (χ2v) is 7.46. The molecule has 0 aliphatic heterocycles. The van der Waals surface area contributed by atoms with Crippen molar-refractivity contribution in [1.82, 2.24) is 4.90 Å². The number of hydrogen-bond acceptors (Lipinski definition) is 4. The van der Waals surface area contributed by atoms with Crippen LogP contribution in [-0.4, -0.2) is 52.4 Å². The molecule has 0 aliphatic carbocycles. The lowest BCUT2D eigenvalue weighted by Crippen LogP contribution is -2.43. The predicted octanol–water partition coefficient (Wildman–Crippen LogP) is 1.79. The summed E-state index contributed by atoms with van der Waals surface area (Å²) in [5, 5.41) is 0. The van der Waals surface area contributed by atoms with Crippen LogP contribution in [0.25, 0.3) is 0 Å². The van der Waals surface area contributed by atoms with E-state index >= 15 is 0 Å². The van der Waals surface area contributed by atoms with E-state index in [1.165, 1.54) is 0 Å². The summed E-state index contributed by atoms with van der Waals surface area (Å²) in [6.45, 7) is 3.77. The molecule has 0 heterocycles. The maximum Gasteiger partial charge on any atom is 0.500 e. The highest BCUT2D eigenvalue weighted by Crippen LogP contribution is 2.15. The Hall–Kier alpha value is 0.337. The molecule has 0 aromatic rings. The summed E-state index contributed by atoms with van der Waals surface area (Å²) in [5.41, 5.74) is 0. The van der Waals surface area contributed by atoms with Crippen LogP contribution in [0.15, 0.2) is 0 Å². The van der Waals surface area contributed by atoms with Gasteiger partial charge in [0.1, 0.15) is 4.32 Å². The Labute approximate surface area is 110 Å². The van der Waals surface area contributed by atoms with Crippen LogP contribution in [0, 0.1) is 0 Å². The fraction of sp³-hybridized carbons (Fsp3) is 0.889. The van der Waals surface area contributed by atoms with E-state index in [1.807, 2.05) is 4.90 Å². The summed E-state index contributed by atoms with van der Waals surface area (Å²) in [5.74, 6) is 0. The maximum absolute atomic E-state index is 5.34. The topological polar surface area (TPSA) is 30.9 Å². The van der Waals surface area contributed by atoms with Crippen molar-refractivity contribution in [3.05, 3.63) is 0 Å². The summed E-state index contributed by atoms with van der Waals surface area (Å²) in [7, 11) is 2.45. The lowest BCUT2D eigenvalue weighted by Gasteiger charge is -2.26. The Kier molecular flexibility index (Phi) is 8.61. The minimum atomic E-state index is -2.43. The summed E-state index contributed by atoms with van der Waals surface area (Å²) in [6, 6.07) is 0.781. The lowest BCUT2D eigenvalue weighted by molar-refractivity contribution is 0.122. The normalized spacial score (nSPS) is 11.6. The van der Waals surface area contributed by atoms with Crippen LogP contribution < -0.4 is 0 Å². The van der Waals surface area contributed by atoms with Crippen molar-refractivity contribution in [3.63, 3.8) is 0 Å². The molecule has 0 fully saturated rings. The van der Waals surface area contributed by atoms with Crippen LogP contribution in [0.5, 0.6) is 0 Å². The van der Waals surface area contributed by atoms with Crippen LogP contribution in [0.4, 0.5) is 0 Å². The van der Waals surface area contributed by atoms with Gasteiger partial charge in [0.25, 0.3) is 0 Å². The van der Waals surface area contributed by atoms with Crippen LogP contribution in [0.2, 0.25) is 6.04 Å². The first-order chi connectivity index (χ1) is 7.55. The van der Waals surface area contributed by atoms with E-state index in [4.69, 9.17) is 25.5 Å². The SMILES string of the molecule is CCN(CCC[Si](OC)(OC)OC)C(=S)S. The molecule has 0 spiro atoms. The molecule has 0 atom stereocenters. The Morgan fingerprint density at radius 3 is 2.06 bits per heavy atom. The number of thiol groups is 1. The summed E-state index contributed by atoms with van der Waals surface area (Å²) in [6.07, 6.45) is 0.913. The third kappa shape index (κ3) is 5.11. The zero-order valence-electron chi connectivity index (χ0n) is 10.4. The van der Waals surface area contributed by atoms with Gasteiger partial charge >= 0.3 is 8.80 Å². The molecule has 7 heteroatoms. The van der Waals surface area contributed by atoms with Crippen molar-refractivity contribution in [3.8, 4) is 0 Å². The molecule has 0 saturated carbocycles. The predicted molar refractivity (Wildman–Crippen MR) is 75.0 cm³/mol. The molecule has 16 heavy (non-hydrogen) atoms. The number of rotatable bonds is 8. The molecule has 4 nitrogen and oxygen atoms in total. The molecule has 0 amide bonds. The van der Waals surface area contributed by atoms with Gasteiger partial charge in [0.15, 0.2) is 0 Å². The molecular formula is C9H21NO3S2Si. The first kappa shape index (κ1) is 16.3. The van der Waals surface area contributed by atoms with Crippen molar-refractivity contribution in [1.29, 1.82) is 0 Å². The van der Waals surface area contributed by atoms with Crippen molar-refractivity contribution in [2.45, 2.75) is 19.4 Å². The first-order valence-electron chi connectivity index (χ1n) is 5.18. The zero-order valence-corrected chi connectivity index (χ0v) is 13.1. The van der Waals surface area contributed by atoms with Gasteiger partial charge in [-0.25, -0.2) is 0 Å². The molecule has 0 aromatic heterocycles. The van der Waals surface area contributed by atoms with Gasteiger partial charge in [0, 0.05) is 40.5 Å².